The van der Waals surface area contributed by atoms with Gasteiger partial charge in [0.2, 0.25) is 0 Å². The molecule has 1 unspecified atom stereocenters. The van der Waals surface area contributed by atoms with Crippen LogP contribution in [0.2, 0.25) is 0 Å². The molecule has 1 aromatic carbocycles. The lowest BCUT2D eigenvalue weighted by atomic mass is 9.94. The zero-order chi connectivity index (χ0) is 16.0. The minimum atomic E-state index is -0.622. The highest BCUT2D eigenvalue weighted by atomic mass is 16.5. The van der Waals surface area contributed by atoms with Crippen LogP contribution in [-0.4, -0.2) is 49.8 Å². The van der Waals surface area contributed by atoms with E-state index in [1.807, 2.05) is 12.1 Å². The quantitative estimate of drug-likeness (QED) is 0.803. The summed E-state index contributed by atoms with van der Waals surface area (Å²) >= 11 is 0. The van der Waals surface area contributed by atoms with Gasteiger partial charge in [0.15, 0.2) is 0 Å². The predicted octanol–water partition coefficient (Wildman–Crippen LogP) is 1.88. The number of hydrogen-bond donors (Lipinski definition) is 2. The van der Waals surface area contributed by atoms with Gasteiger partial charge in [-0.05, 0) is 30.5 Å². The molecule has 0 radical (unpaired) electrons. The Bertz CT molecular complexity index is 464. The highest BCUT2D eigenvalue weighted by Crippen LogP contribution is 2.20. The summed E-state index contributed by atoms with van der Waals surface area (Å²) in [5.41, 5.74) is 0.563. The Hall–Kier alpha value is -1.14. The molecule has 5 nitrogen and oxygen atoms in total. The third-order valence-electron chi connectivity index (χ3n) is 4.59. The third-order valence-corrected chi connectivity index (χ3v) is 4.59. The number of hydrogen-bond acceptors (Lipinski definition) is 5. The van der Waals surface area contributed by atoms with Crippen LogP contribution < -0.4 is 10.1 Å². The van der Waals surface area contributed by atoms with Gasteiger partial charge in [-0.3, -0.25) is 0 Å². The molecule has 2 fully saturated rings. The van der Waals surface area contributed by atoms with E-state index in [9.17, 15) is 5.11 Å². The van der Waals surface area contributed by atoms with Gasteiger partial charge in [-0.25, -0.2) is 0 Å². The van der Waals surface area contributed by atoms with Crippen molar-refractivity contribution in [1.29, 1.82) is 0 Å². The Morgan fingerprint density at radius 1 is 1.17 bits per heavy atom. The van der Waals surface area contributed by atoms with Crippen LogP contribution in [0.15, 0.2) is 24.3 Å². The van der Waals surface area contributed by atoms with E-state index in [2.05, 4.69) is 17.4 Å². The van der Waals surface area contributed by atoms with Crippen molar-refractivity contribution in [1.82, 2.24) is 5.32 Å². The predicted molar refractivity (Wildman–Crippen MR) is 87.6 cm³/mol. The van der Waals surface area contributed by atoms with E-state index in [1.165, 1.54) is 5.56 Å². The molecule has 0 aromatic heterocycles. The molecule has 128 valence electrons. The van der Waals surface area contributed by atoms with Crippen LogP contribution in [0.3, 0.4) is 0 Å². The van der Waals surface area contributed by atoms with Crippen molar-refractivity contribution in [3.8, 4) is 5.75 Å². The second-order valence-electron chi connectivity index (χ2n) is 6.53. The van der Waals surface area contributed by atoms with Crippen molar-refractivity contribution in [2.24, 2.45) is 0 Å². The molecule has 0 aliphatic carbocycles. The average molecular weight is 321 g/mol. The molecule has 1 atom stereocenters. The maximum Gasteiger partial charge on any atom is 0.119 e. The van der Waals surface area contributed by atoms with E-state index in [0.717, 1.165) is 31.7 Å². The molecule has 0 saturated carbocycles. The largest absolute Gasteiger partial charge is 0.491 e. The summed E-state index contributed by atoms with van der Waals surface area (Å²) in [5, 5.41) is 13.7. The summed E-state index contributed by atoms with van der Waals surface area (Å²) in [6.07, 6.45) is 3.88. The van der Waals surface area contributed by atoms with Crippen molar-refractivity contribution < 1.29 is 19.3 Å². The molecule has 3 rings (SSSR count). The van der Waals surface area contributed by atoms with Gasteiger partial charge < -0.3 is 24.6 Å². The molecule has 0 spiro atoms. The maximum absolute atomic E-state index is 10.4. The molecular formula is C18H27NO4. The van der Waals surface area contributed by atoms with E-state index < -0.39 is 5.60 Å². The van der Waals surface area contributed by atoms with Crippen LogP contribution in [0.4, 0.5) is 0 Å². The summed E-state index contributed by atoms with van der Waals surface area (Å²) in [4.78, 5) is 0. The lowest BCUT2D eigenvalue weighted by Crippen LogP contribution is -2.44. The van der Waals surface area contributed by atoms with Crippen molar-refractivity contribution in [3.05, 3.63) is 29.8 Å². The number of rotatable bonds is 7. The second kappa shape index (κ2) is 8.11. The van der Waals surface area contributed by atoms with Gasteiger partial charge in [-0.2, -0.15) is 0 Å². The summed E-state index contributed by atoms with van der Waals surface area (Å²) in [7, 11) is 0. The minimum absolute atomic E-state index is 0.247. The first-order valence-corrected chi connectivity index (χ1v) is 8.58. The Labute approximate surface area is 137 Å². The first kappa shape index (κ1) is 16.7. The first-order chi connectivity index (χ1) is 11.2. The van der Waals surface area contributed by atoms with E-state index in [1.54, 1.807) is 0 Å². The summed E-state index contributed by atoms with van der Waals surface area (Å²) in [5.74, 6) is 0.882. The highest BCUT2D eigenvalue weighted by Gasteiger charge is 2.29. The lowest BCUT2D eigenvalue weighted by Gasteiger charge is -2.32. The standard InChI is InChI=1S/C18H27NO4/c20-18(7-10-21-11-8-18)14-19-12-15-3-5-16(6-4-15)23-13-17-2-1-9-22-17/h3-6,17,19-20H,1-2,7-14H2. The van der Waals surface area contributed by atoms with Gasteiger partial charge in [-0.1, -0.05) is 12.1 Å². The van der Waals surface area contributed by atoms with Crippen LogP contribution in [0, 0.1) is 0 Å². The van der Waals surface area contributed by atoms with Crippen LogP contribution >= 0.6 is 0 Å². The van der Waals surface area contributed by atoms with Crippen LogP contribution in [0.5, 0.6) is 5.75 Å². The van der Waals surface area contributed by atoms with Gasteiger partial charge in [0.25, 0.3) is 0 Å². The van der Waals surface area contributed by atoms with Crippen molar-refractivity contribution in [2.45, 2.75) is 43.9 Å². The number of nitrogens with one attached hydrogen (secondary N) is 1. The Balaban J connectivity index is 1.38. The second-order valence-corrected chi connectivity index (χ2v) is 6.53. The number of aliphatic hydroxyl groups is 1. The number of ether oxygens (including phenoxy) is 3. The summed E-state index contributed by atoms with van der Waals surface area (Å²) in [6, 6.07) is 8.11. The molecule has 0 amide bonds. The molecule has 2 heterocycles. The molecule has 2 saturated heterocycles. The number of benzene rings is 1. The first-order valence-electron chi connectivity index (χ1n) is 8.58. The third kappa shape index (κ3) is 5.18. The van der Waals surface area contributed by atoms with Crippen molar-refractivity contribution in [2.75, 3.05) is 33.0 Å². The molecule has 2 N–H and O–H groups in total. The van der Waals surface area contributed by atoms with E-state index in [4.69, 9.17) is 14.2 Å². The normalized spacial score (nSPS) is 23.8. The zero-order valence-electron chi connectivity index (χ0n) is 13.6. The van der Waals surface area contributed by atoms with E-state index in [0.29, 0.717) is 39.2 Å². The summed E-state index contributed by atoms with van der Waals surface area (Å²) in [6.45, 7) is 4.14. The van der Waals surface area contributed by atoms with Gasteiger partial charge in [-0.15, -0.1) is 0 Å². The lowest BCUT2D eigenvalue weighted by molar-refractivity contribution is -0.0617. The average Bonchev–Trinajstić information content (AvgIpc) is 3.08. The maximum atomic E-state index is 10.4. The molecule has 5 heteroatoms. The van der Waals surface area contributed by atoms with Crippen molar-refractivity contribution >= 4 is 0 Å². The monoisotopic (exact) mass is 321 g/mol. The Morgan fingerprint density at radius 3 is 2.65 bits per heavy atom. The minimum Gasteiger partial charge on any atom is -0.491 e. The molecule has 0 bridgehead atoms. The fourth-order valence-corrected chi connectivity index (χ4v) is 3.04. The topological polar surface area (TPSA) is 60.0 Å². The molecule has 1 aromatic rings. The van der Waals surface area contributed by atoms with E-state index >= 15 is 0 Å². The molecular weight excluding hydrogens is 294 g/mol. The van der Waals surface area contributed by atoms with Crippen LogP contribution in [-0.2, 0) is 16.0 Å². The van der Waals surface area contributed by atoms with Crippen LogP contribution in [0.25, 0.3) is 0 Å². The smallest absolute Gasteiger partial charge is 0.119 e. The zero-order valence-corrected chi connectivity index (χ0v) is 13.6. The van der Waals surface area contributed by atoms with Crippen LogP contribution in [0.1, 0.15) is 31.2 Å². The molecule has 2 aliphatic rings. The van der Waals surface area contributed by atoms with Gasteiger partial charge in [0.05, 0.1) is 11.7 Å². The van der Waals surface area contributed by atoms with Gasteiger partial charge >= 0.3 is 0 Å². The van der Waals surface area contributed by atoms with Gasteiger partial charge in [0, 0.05) is 45.8 Å². The SMILES string of the molecule is OC1(CNCc2ccc(OCC3CCCO3)cc2)CCOCC1. The Morgan fingerprint density at radius 2 is 1.96 bits per heavy atom. The fraction of sp³-hybridized carbons (Fsp3) is 0.667. The summed E-state index contributed by atoms with van der Waals surface area (Å²) < 4.78 is 16.6. The molecule has 23 heavy (non-hydrogen) atoms. The Kier molecular flexibility index (Phi) is 5.89. The van der Waals surface area contributed by atoms with E-state index in [-0.39, 0.29) is 6.10 Å². The molecule has 2 aliphatic heterocycles. The van der Waals surface area contributed by atoms with Gasteiger partial charge in [0.1, 0.15) is 12.4 Å². The fourth-order valence-electron chi connectivity index (χ4n) is 3.04. The highest BCUT2D eigenvalue weighted by molar-refractivity contribution is 5.27. The van der Waals surface area contributed by atoms with Crippen molar-refractivity contribution in [3.63, 3.8) is 0 Å².